The van der Waals surface area contributed by atoms with E-state index in [1.165, 1.54) is 26.7 Å². The highest BCUT2D eigenvalue weighted by molar-refractivity contribution is 6.16. The third-order valence-electron chi connectivity index (χ3n) is 11.3. The largest absolute Gasteiger partial charge is 0.461 e. The molecule has 0 radical (unpaired) electrons. The van der Waals surface area contributed by atoms with Gasteiger partial charge in [0.05, 0.1) is 16.6 Å². The zero-order chi connectivity index (χ0) is 25.8. The number of hydrogen-bond donors (Lipinski definition) is 1. The Morgan fingerprint density at radius 1 is 1.09 bits per heavy atom. The topological polar surface area (TPSA) is 89.9 Å². The Balaban J connectivity index is 1.71. The average molecular weight is 485 g/mol. The second-order valence-electron chi connectivity index (χ2n) is 13.0. The third kappa shape index (κ3) is 3.01. The quantitative estimate of drug-likeness (QED) is 0.553. The Labute approximate surface area is 208 Å². The van der Waals surface area contributed by atoms with E-state index in [0.717, 1.165) is 31.3 Å². The highest BCUT2D eigenvalue weighted by atomic mass is 16.7. The first kappa shape index (κ1) is 24.7. The maximum atomic E-state index is 13.5. The molecule has 8 atom stereocenters. The fraction of sp³-hybridized carbons (Fsp3) is 0.759. The number of esters is 2. The Bertz CT molecular complexity index is 1080. The first-order valence-corrected chi connectivity index (χ1v) is 13.3. The molecule has 0 bridgehead atoms. The zero-order valence-electron chi connectivity index (χ0n) is 22.2. The van der Waals surface area contributed by atoms with E-state index in [1.807, 2.05) is 6.92 Å². The number of hydrogen-bond acceptors (Lipinski definition) is 6. The van der Waals surface area contributed by atoms with Gasteiger partial charge in [0.25, 0.3) is 0 Å². The summed E-state index contributed by atoms with van der Waals surface area (Å²) < 4.78 is 11.3. The predicted octanol–water partition coefficient (Wildman–Crippen LogP) is 5.04. The van der Waals surface area contributed by atoms with E-state index in [-0.39, 0.29) is 39.1 Å². The van der Waals surface area contributed by atoms with Crippen molar-refractivity contribution in [3.8, 4) is 0 Å². The van der Waals surface area contributed by atoms with Gasteiger partial charge in [-0.1, -0.05) is 40.5 Å². The van der Waals surface area contributed by atoms with Crippen molar-refractivity contribution in [3.05, 3.63) is 22.8 Å². The van der Waals surface area contributed by atoms with Gasteiger partial charge in [-0.05, 0) is 78.8 Å². The SMILES string of the molecule is CC[C@@]1(C)CCC[C@]2(C)[C@H]3C[C@H](OC(C)=O)[C@@]4(C)C(=CC(=O)C5=C4C(=O)O[C@@]5(C)O)[C@]3(C)CC[C@@H]12. The van der Waals surface area contributed by atoms with Gasteiger partial charge in [-0.25, -0.2) is 4.79 Å². The molecule has 0 aromatic heterocycles. The lowest BCUT2D eigenvalue weighted by Gasteiger charge is -2.68. The number of cyclic esters (lactones) is 1. The number of allylic oxidation sites excluding steroid dienone is 1. The monoisotopic (exact) mass is 484 g/mol. The molecule has 0 saturated heterocycles. The number of rotatable bonds is 2. The Hall–Kier alpha value is -1.95. The van der Waals surface area contributed by atoms with E-state index in [4.69, 9.17) is 9.47 Å². The molecule has 0 aromatic carbocycles. The van der Waals surface area contributed by atoms with E-state index in [0.29, 0.717) is 12.3 Å². The van der Waals surface area contributed by atoms with Crippen molar-refractivity contribution < 1.29 is 29.0 Å². The molecule has 0 unspecified atom stereocenters. The summed E-state index contributed by atoms with van der Waals surface area (Å²) in [5, 5.41) is 10.8. The predicted molar refractivity (Wildman–Crippen MR) is 130 cm³/mol. The molecule has 0 aromatic rings. The van der Waals surface area contributed by atoms with E-state index in [1.54, 1.807) is 6.08 Å². The van der Waals surface area contributed by atoms with Gasteiger partial charge < -0.3 is 14.6 Å². The van der Waals surface area contributed by atoms with Crippen LogP contribution in [0.4, 0.5) is 0 Å². The summed E-state index contributed by atoms with van der Waals surface area (Å²) in [5.74, 6) is -2.69. The number of ether oxygens (including phenoxy) is 2. The van der Waals surface area contributed by atoms with E-state index in [9.17, 15) is 19.5 Å². The van der Waals surface area contributed by atoms with Crippen LogP contribution in [-0.2, 0) is 23.9 Å². The zero-order valence-corrected chi connectivity index (χ0v) is 22.2. The smallest absolute Gasteiger partial charge is 0.338 e. The number of aliphatic hydroxyl groups is 1. The van der Waals surface area contributed by atoms with Crippen LogP contribution < -0.4 is 0 Å². The molecule has 6 nitrogen and oxygen atoms in total. The molecule has 6 heteroatoms. The Morgan fingerprint density at radius 3 is 2.40 bits per heavy atom. The van der Waals surface area contributed by atoms with Crippen LogP contribution in [0.25, 0.3) is 0 Å². The molecule has 0 spiro atoms. The molecule has 35 heavy (non-hydrogen) atoms. The lowest BCUT2D eigenvalue weighted by atomic mass is 9.36. The van der Waals surface area contributed by atoms with Crippen LogP contribution >= 0.6 is 0 Å². The minimum absolute atomic E-state index is 0.0101. The van der Waals surface area contributed by atoms with Crippen molar-refractivity contribution in [1.29, 1.82) is 0 Å². The molecule has 3 fully saturated rings. The van der Waals surface area contributed by atoms with Gasteiger partial charge in [-0.15, -0.1) is 0 Å². The maximum absolute atomic E-state index is 13.5. The minimum Gasteiger partial charge on any atom is -0.461 e. The molecular formula is C29H40O6. The number of carbonyl (C=O) groups excluding carboxylic acids is 3. The van der Waals surface area contributed by atoms with Gasteiger partial charge in [0.2, 0.25) is 5.79 Å². The van der Waals surface area contributed by atoms with Gasteiger partial charge in [-0.3, -0.25) is 9.59 Å². The summed E-state index contributed by atoms with van der Waals surface area (Å²) >= 11 is 0. The number of carbonyl (C=O) groups is 3. The van der Waals surface area contributed by atoms with Gasteiger partial charge in [0, 0.05) is 13.8 Å². The number of ketones is 1. The first-order chi connectivity index (χ1) is 16.1. The molecule has 1 heterocycles. The molecule has 4 aliphatic carbocycles. The fourth-order valence-electron chi connectivity index (χ4n) is 9.57. The van der Waals surface area contributed by atoms with Crippen LogP contribution in [0.5, 0.6) is 0 Å². The molecule has 5 aliphatic rings. The molecule has 192 valence electrons. The lowest BCUT2D eigenvalue weighted by Crippen LogP contribution is -2.63. The molecule has 3 saturated carbocycles. The first-order valence-electron chi connectivity index (χ1n) is 13.3. The number of fused-ring (bicyclic) bond motifs is 6. The van der Waals surface area contributed by atoms with Crippen LogP contribution in [0, 0.1) is 33.5 Å². The van der Waals surface area contributed by atoms with Gasteiger partial charge in [0.1, 0.15) is 6.10 Å². The lowest BCUT2D eigenvalue weighted by molar-refractivity contribution is -0.183. The standard InChI is InChI=1S/C29H40O6/c1-8-25(3)11-9-12-26(4)18(25)10-13-27(5)19(26)15-21(34-16(2)30)28(6)20(27)14-17(31)22-23(28)24(32)35-29(22,7)33/h14,18-19,21,33H,8-13,15H2,1-7H3/t18-,19+,21-,25-,26-,27+,28+,29+/m0/s1. The fourth-order valence-corrected chi connectivity index (χ4v) is 9.57. The van der Waals surface area contributed by atoms with Crippen molar-refractivity contribution in [3.63, 3.8) is 0 Å². The molecule has 1 N–H and O–H groups in total. The summed E-state index contributed by atoms with van der Waals surface area (Å²) in [5.41, 5.74) is -0.0129. The summed E-state index contributed by atoms with van der Waals surface area (Å²) in [6.07, 6.45) is 8.29. The van der Waals surface area contributed by atoms with Crippen molar-refractivity contribution in [2.75, 3.05) is 0 Å². The van der Waals surface area contributed by atoms with Crippen LogP contribution in [-0.4, -0.2) is 34.7 Å². The van der Waals surface area contributed by atoms with Crippen LogP contribution in [0.2, 0.25) is 0 Å². The summed E-state index contributed by atoms with van der Waals surface area (Å²) in [7, 11) is 0. The normalized spacial score (nSPS) is 48.8. The van der Waals surface area contributed by atoms with E-state index < -0.39 is 29.2 Å². The Kier molecular flexibility index (Phi) is 5.16. The van der Waals surface area contributed by atoms with Crippen LogP contribution in [0.3, 0.4) is 0 Å². The second kappa shape index (κ2) is 7.30. The highest BCUT2D eigenvalue weighted by Crippen LogP contribution is 2.73. The maximum Gasteiger partial charge on any atom is 0.338 e. The van der Waals surface area contributed by atoms with Crippen molar-refractivity contribution in [2.24, 2.45) is 33.5 Å². The molecular weight excluding hydrogens is 444 g/mol. The van der Waals surface area contributed by atoms with E-state index in [2.05, 4.69) is 27.7 Å². The van der Waals surface area contributed by atoms with Gasteiger partial charge >= 0.3 is 11.9 Å². The molecule has 1 aliphatic heterocycles. The van der Waals surface area contributed by atoms with Crippen LogP contribution in [0.15, 0.2) is 22.8 Å². The highest BCUT2D eigenvalue weighted by Gasteiger charge is 2.69. The second-order valence-corrected chi connectivity index (χ2v) is 13.0. The molecule has 0 amide bonds. The van der Waals surface area contributed by atoms with Gasteiger partial charge in [-0.2, -0.15) is 0 Å². The summed E-state index contributed by atoms with van der Waals surface area (Å²) in [6, 6.07) is 0. The van der Waals surface area contributed by atoms with E-state index >= 15 is 0 Å². The third-order valence-corrected chi connectivity index (χ3v) is 11.3. The van der Waals surface area contributed by atoms with Crippen molar-refractivity contribution >= 4 is 17.7 Å². The average Bonchev–Trinajstić information content (AvgIpc) is 3.00. The van der Waals surface area contributed by atoms with Crippen LogP contribution in [0.1, 0.15) is 93.4 Å². The van der Waals surface area contributed by atoms with Gasteiger partial charge in [0.15, 0.2) is 5.78 Å². The minimum atomic E-state index is -1.98. The molecule has 5 rings (SSSR count). The Morgan fingerprint density at radius 2 is 1.77 bits per heavy atom. The van der Waals surface area contributed by atoms with Crippen molar-refractivity contribution in [2.45, 2.75) is 105 Å². The summed E-state index contributed by atoms with van der Waals surface area (Å²) in [6.45, 7) is 14.0. The summed E-state index contributed by atoms with van der Waals surface area (Å²) in [4.78, 5) is 39.0. The van der Waals surface area contributed by atoms with Crippen molar-refractivity contribution in [1.82, 2.24) is 0 Å².